The summed E-state index contributed by atoms with van der Waals surface area (Å²) in [4.78, 5) is 15.5. The predicted octanol–water partition coefficient (Wildman–Crippen LogP) is 6.95. The van der Waals surface area contributed by atoms with E-state index in [1.807, 2.05) is 77.7 Å². The summed E-state index contributed by atoms with van der Waals surface area (Å²) in [5.41, 5.74) is 6.21. The molecule has 1 aliphatic rings. The topological polar surface area (TPSA) is 32.3 Å². The molecule has 158 valence electrons. The Morgan fingerprint density at radius 2 is 1.34 bits per heavy atom. The number of fused-ring (bicyclic) bond motifs is 1. The molecular weight excluding hydrogens is 392 g/mol. The van der Waals surface area contributed by atoms with Gasteiger partial charge in [0.05, 0.1) is 6.04 Å². The van der Waals surface area contributed by atoms with Crippen LogP contribution in [0.2, 0.25) is 0 Å². The number of nitrogens with zero attached hydrogens (tertiary/aromatic N) is 1. The molecule has 1 aliphatic heterocycles. The molecule has 1 amide bonds. The van der Waals surface area contributed by atoms with Crippen LogP contribution in [0.4, 0.5) is 11.4 Å². The molecule has 0 spiro atoms. The maximum atomic E-state index is 13.6. The molecule has 32 heavy (non-hydrogen) atoms. The first-order valence-corrected chi connectivity index (χ1v) is 11.1. The van der Waals surface area contributed by atoms with E-state index < -0.39 is 0 Å². The summed E-state index contributed by atoms with van der Waals surface area (Å²) in [6, 6.07) is 36.9. The molecule has 0 saturated heterocycles. The summed E-state index contributed by atoms with van der Waals surface area (Å²) in [7, 11) is 0. The van der Waals surface area contributed by atoms with E-state index in [1.54, 1.807) is 0 Å². The minimum absolute atomic E-state index is 0.0442. The minimum Gasteiger partial charge on any atom is -0.378 e. The van der Waals surface area contributed by atoms with Gasteiger partial charge in [0.15, 0.2) is 0 Å². The number of amides is 1. The molecule has 0 saturated carbocycles. The summed E-state index contributed by atoms with van der Waals surface area (Å²) in [5, 5.41) is 3.65. The number of carbonyl (C=O) groups is 1. The number of rotatable bonds is 4. The van der Waals surface area contributed by atoms with Crippen LogP contribution in [0, 0.1) is 0 Å². The first-order chi connectivity index (χ1) is 15.7. The molecule has 2 atom stereocenters. The number of nitrogens with one attached hydrogen (secondary N) is 1. The Labute approximate surface area is 189 Å². The third kappa shape index (κ3) is 3.90. The van der Waals surface area contributed by atoms with Gasteiger partial charge in [-0.3, -0.25) is 4.79 Å². The van der Waals surface area contributed by atoms with E-state index >= 15 is 0 Å². The van der Waals surface area contributed by atoms with E-state index in [-0.39, 0.29) is 18.0 Å². The van der Waals surface area contributed by atoms with Gasteiger partial charge in [0.2, 0.25) is 0 Å². The highest BCUT2D eigenvalue weighted by Gasteiger charge is 2.34. The lowest BCUT2D eigenvalue weighted by Crippen LogP contribution is -2.44. The molecule has 4 aromatic rings. The zero-order chi connectivity index (χ0) is 21.9. The fourth-order valence-corrected chi connectivity index (χ4v) is 4.57. The van der Waals surface area contributed by atoms with Crippen molar-refractivity contribution in [2.45, 2.75) is 25.4 Å². The number of anilines is 2. The molecule has 1 heterocycles. The SMILES string of the molecule is C[C@@H]1C[C@H](Nc2ccccc2)c2ccccc2N1C(=O)c1ccc(-c2ccccc2)cc1. The summed E-state index contributed by atoms with van der Waals surface area (Å²) in [6.45, 7) is 2.13. The number of hydrogen-bond donors (Lipinski definition) is 1. The highest BCUT2D eigenvalue weighted by molar-refractivity contribution is 6.07. The van der Waals surface area contributed by atoms with Gasteiger partial charge in [0.1, 0.15) is 0 Å². The molecule has 0 aromatic heterocycles. The number of carbonyl (C=O) groups excluding carboxylic acids is 1. The lowest BCUT2D eigenvalue weighted by molar-refractivity contribution is 0.0974. The van der Waals surface area contributed by atoms with E-state index in [1.165, 1.54) is 0 Å². The van der Waals surface area contributed by atoms with Crippen LogP contribution in [-0.4, -0.2) is 11.9 Å². The predicted molar refractivity (Wildman–Crippen MR) is 132 cm³/mol. The number of benzene rings is 4. The van der Waals surface area contributed by atoms with Crippen LogP contribution in [0.5, 0.6) is 0 Å². The monoisotopic (exact) mass is 418 g/mol. The average molecular weight is 419 g/mol. The van der Waals surface area contributed by atoms with E-state index in [9.17, 15) is 4.79 Å². The van der Waals surface area contributed by atoms with Crippen LogP contribution >= 0.6 is 0 Å². The van der Waals surface area contributed by atoms with Crippen LogP contribution in [0.15, 0.2) is 109 Å². The van der Waals surface area contributed by atoms with Crippen LogP contribution in [-0.2, 0) is 0 Å². The van der Waals surface area contributed by atoms with Gasteiger partial charge < -0.3 is 10.2 Å². The highest BCUT2D eigenvalue weighted by atomic mass is 16.2. The van der Waals surface area contributed by atoms with Gasteiger partial charge in [-0.25, -0.2) is 0 Å². The normalized spacial score (nSPS) is 17.5. The summed E-state index contributed by atoms with van der Waals surface area (Å²) >= 11 is 0. The van der Waals surface area contributed by atoms with Crippen LogP contribution in [0.3, 0.4) is 0 Å². The van der Waals surface area contributed by atoms with Gasteiger partial charge in [-0.2, -0.15) is 0 Å². The van der Waals surface area contributed by atoms with Crippen LogP contribution in [0.1, 0.15) is 35.3 Å². The van der Waals surface area contributed by atoms with Crippen molar-refractivity contribution >= 4 is 17.3 Å². The molecule has 0 bridgehead atoms. The van der Waals surface area contributed by atoms with Crippen LogP contribution in [0.25, 0.3) is 11.1 Å². The van der Waals surface area contributed by atoms with Crippen molar-refractivity contribution in [1.29, 1.82) is 0 Å². The summed E-state index contributed by atoms with van der Waals surface area (Å²) < 4.78 is 0. The van der Waals surface area contributed by atoms with Crippen molar-refractivity contribution in [2.24, 2.45) is 0 Å². The summed E-state index contributed by atoms with van der Waals surface area (Å²) in [6.07, 6.45) is 0.847. The first-order valence-electron chi connectivity index (χ1n) is 11.1. The molecule has 0 fully saturated rings. The maximum Gasteiger partial charge on any atom is 0.258 e. The molecule has 1 N–H and O–H groups in total. The Morgan fingerprint density at radius 1 is 0.750 bits per heavy atom. The Bertz CT molecular complexity index is 1200. The van der Waals surface area contributed by atoms with E-state index in [2.05, 4.69) is 48.6 Å². The van der Waals surface area contributed by atoms with Crippen molar-refractivity contribution in [3.05, 3.63) is 120 Å². The lowest BCUT2D eigenvalue weighted by Gasteiger charge is -2.40. The molecule has 4 aromatic carbocycles. The smallest absolute Gasteiger partial charge is 0.258 e. The van der Waals surface area contributed by atoms with Crippen molar-refractivity contribution in [3.63, 3.8) is 0 Å². The van der Waals surface area contributed by atoms with Crippen molar-refractivity contribution in [1.82, 2.24) is 0 Å². The third-order valence-corrected chi connectivity index (χ3v) is 6.16. The van der Waals surface area contributed by atoms with E-state index in [0.717, 1.165) is 34.5 Å². The third-order valence-electron chi connectivity index (χ3n) is 6.16. The second kappa shape index (κ2) is 8.72. The van der Waals surface area contributed by atoms with Gasteiger partial charge in [0.25, 0.3) is 5.91 Å². The average Bonchev–Trinajstić information content (AvgIpc) is 2.85. The molecule has 0 radical (unpaired) electrons. The van der Waals surface area contributed by atoms with Gasteiger partial charge >= 0.3 is 0 Å². The van der Waals surface area contributed by atoms with Gasteiger partial charge in [-0.15, -0.1) is 0 Å². The highest BCUT2D eigenvalue weighted by Crippen LogP contribution is 2.39. The Morgan fingerprint density at radius 3 is 2.06 bits per heavy atom. The fraction of sp³-hybridized carbons (Fsp3) is 0.138. The minimum atomic E-state index is 0.0442. The molecule has 0 aliphatic carbocycles. The summed E-state index contributed by atoms with van der Waals surface area (Å²) in [5.74, 6) is 0.0442. The zero-order valence-electron chi connectivity index (χ0n) is 18.1. The van der Waals surface area contributed by atoms with Crippen LogP contribution < -0.4 is 10.2 Å². The van der Waals surface area contributed by atoms with Gasteiger partial charge in [0, 0.05) is 23.0 Å². The molecule has 0 unspecified atom stereocenters. The Hall–Kier alpha value is -3.85. The largest absolute Gasteiger partial charge is 0.378 e. The second-order valence-corrected chi connectivity index (χ2v) is 8.33. The Balaban J connectivity index is 1.43. The zero-order valence-corrected chi connectivity index (χ0v) is 18.1. The van der Waals surface area contributed by atoms with Crippen molar-refractivity contribution in [2.75, 3.05) is 10.2 Å². The maximum absolute atomic E-state index is 13.6. The quantitative estimate of drug-likeness (QED) is 0.389. The standard InChI is InChI=1S/C29H26N2O/c1-21-20-27(30-25-12-6-3-7-13-25)26-14-8-9-15-28(26)31(21)29(32)24-18-16-23(17-19-24)22-10-4-2-5-11-22/h2-19,21,27,30H,20H2,1H3/t21-,27+/m1/s1. The molecule has 5 rings (SSSR count). The van der Waals surface area contributed by atoms with Gasteiger partial charge in [-0.1, -0.05) is 78.9 Å². The molecule has 3 heteroatoms. The van der Waals surface area contributed by atoms with Crippen molar-refractivity contribution < 1.29 is 4.79 Å². The van der Waals surface area contributed by atoms with Gasteiger partial charge in [-0.05, 0) is 60.4 Å². The Kier molecular flexibility index (Phi) is 5.47. The number of para-hydroxylation sites is 2. The van der Waals surface area contributed by atoms with E-state index in [4.69, 9.17) is 0 Å². The second-order valence-electron chi connectivity index (χ2n) is 8.33. The molecule has 3 nitrogen and oxygen atoms in total. The van der Waals surface area contributed by atoms with E-state index in [0.29, 0.717) is 5.56 Å². The first kappa shape index (κ1) is 20.1. The fourth-order valence-electron chi connectivity index (χ4n) is 4.57. The lowest BCUT2D eigenvalue weighted by atomic mass is 9.90. The number of hydrogen-bond acceptors (Lipinski definition) is 2. The molecular formula is C29H26N2O. The van der Waals surface area contributed by atoms with Crippen molar-refractivity contribution in [3.8, 4) is 11.1 Å².